The summed E-state index contributed by atoms with van der Waals surface area (Å²) >= 11 is 0. The van der Waals surface area contributed by atoms with Crippen molar-refractivity contribution in [3.8, 4) is 22.5 Å². The first-order valence-corrected chi connectivity index (χ1v) is 9.87. The number of aromatic amines is 1. The van der Waals surface area contributed by atoms with Gasteiger partial charge in [0.2, 0.25) is 11.8 Å². The van der Waals surface area contributed by atoms with E-state index in [1.807, 2.05) is 60.7 Å². The fourth-order valence-electron chi connectivity index (χ4n) is 4.16. The van der Waals surface area contributed by atoms with Gasteiger partial charge in [0.05, 0.1) is 17.1 Å². The van der Waals surface area contributed by atoms with E-state index < -0.39 is 5.91 Å². The maximum absolute atomic E-state index is 12.5. The van der Waals surface area contributed by atoms with Crippen LogP contribution in [0.4, 0.5) is 0 Å². The Balaban J connectivity index is 1.60. The first kappa shape index (κ1) is 18.1. The minimum atomic E-state index is -0.482. The Hall–Kier alpha value is -3.93. The SMILES string of the molecule is NC(=O)CCC(=O)NC1c2ccccc2-c2c(-c3nc4ccccc4[nH]3)cccc21. The Morgan fingerprint density at radius 2 is 1.63 bits per heavy atom. The van der Waals surface area contributed by atoms with Gasteiger partial charge in [0, 0.05) is 18.4 Å². The number of fused-ring (bicyclic) bond motifs is 4. The standard InChI is InChI=1S/C24H20N4O2/c25-20(29)12-13-21(30)28-23-15-7-2-1-6-14(15)22-16(23)8-5-9-17(22)24-26-18-10-3-4-11-19(18)27-24/h1-11,23H,12-13H2,(H2,25,29)(H,26,27)(H,28,30). The van der Waals surface area contributed by atoms with Crippen molar-refractivity contribution in [1.82, 2.24) is 15.3 Å². The average molecular weight is 396 g/mol. The summed E-state index contributed by atoms with van der Waals surface area (Å²) in [5.74, 6) is 0.115. The zero-order valence-electron chi connectivity index (χ0n) is 16.2. The summed E-state index contributed by atoms with van der Waals surface area (Å²) in [5.41, 5.74) is 12.3. The lowest BCUT2D eigenvalue weighted by atomic mass is 9.99. The molecule has 1 unspecified atom stereocenters. The number of rotatable bonds is 5. The van der Waals surface area contributed by atoms with Crippen LogP contribution in [0.25, 0.3) is 33.5 Å². The Labute approximate surface area is 173 Å². The third-order valence-electron chi connectivity index (χ3n) is 5.50. The van der Waals surface area contributed by atoms with Gasteiger partial charge in [-0.3, -0.25) is 9.59 Å². The molecule has 0 fully saturated rings. The number of nitrogens with one attached hydrogen (secondary N) is 2. The molecule has 0 spiro atoms. The topological polar surface area (TPSA) is 101 Å². The maximum Gasteiger partial charge on any atom is 0.221 e. The van der Waals surface area contributed by atoms with Crippen LogP contribution in [0.2, 0.25) is 0 Å². The zero-order chi connectivity index (χ0) is 20.7. The highest BCUT2D eigenvalue weighted by molar-refractivity contribution is 5.93. The molecule has 30 heavy (non-hydrogen) atoms. The number of nitrogens with two attached hydrogens (primary N) is 1. The number of H-pyrrole nitrogens is 1. The van der Waals surface area contributed by atoms with Gasteiger partial charge in [-0.05, 0) is 34.4 Å². The summed E-state index contributed by atoms with van der Waals surface area (Å²) in [6.07, 6.45) is 0.110. The van der Waals surface area contributed by atoms with Crippen molar-refractivity contribution in [2.45, 2.75) is 18.9 Å². The van der Waals surface area contributed by atoms with E-state index in [0.29, 0.717) is 0 Å². The van der Waals surface area contributed by atoms with E-state index in [-0.39, 0.29) is 24.8 Å². The van der Waals surface area contributed by atoms with Gasteiger partial charge < -0.3 is 16.0 Å². The summed E-state index contributed by atoms with van der Waals surface area (Å²) in [5, 5.41) is 3.07. The van der Waals surface area contributed by atoms with Crippen molar-refractivity contribution < 1.29 is 9.59 Å². The fourth-order valence-corrected chi connectivity index (χ4v) is 4.16. The number of primary amides is 1. The van der Waals surface area contributed by atoms with Crippen molar-refractivity contribution in [2.75, 3.05) is 0 Å². The molecular formula is C24H20N4O2. The number of aromatic nitrogens is 2. The lowest BCUT2D eigenvalue weighted by Gasteiger charge is -2.16. The molecule has 0 aliphatic heterocycles. The van der Waals surface area contributed by atoms with Gasteiger partial charge in [-0.15, -0.1) is 0 Å². The number of imidazole rings is 1. The summed E-state index contributed by atoms with van der Waals surface area (Å²) in [6.45, 7) is 0. The van der Waals surface area contributed by atoms with Crippen molar-refractivity contribution in [2.24, 2.45) is 5.73 Å². The molecule has 6 heteroatoms. The van der Waals surface area contributed by atoms with Gasteiger partial charge in [0.1, 0.15) is 5.82 Å². The molecule has 4 N–H and O–H groups in total. The van der Waals surface area contributed by atoms with Crippen molar-refractivity contribution in [3.05, 3.63) is 77.9 Å². The van der Waals surface area contributed by atoms with Gasteiger partial charge in [0.15, 0.2) is 0 Å². The third-order valence-corrected chi connectivity index (χ3v) is 5.50. The van der Waals surface area contributed by atoms with Crippen LogP contribution in [0, 0.1) is 0 Å². The minimum Gasteiger partial charge on any atom is -0.370 e. The maximum atomic E-state index is 12.5. The van der Waals surface area contributed by atoms with Crippen LogP contribution in [0.15, 0.2) is 66.7 Å². The van der Waals surface area contributed by atoms with E-state index in [1.54, 1.807) is 0 Å². The van der Waals surface area contributed by atoms with Crippen molar-refractivity contribution in [3.63, 3.8) is 0 Å². The summed E-state index contributed by atoms with van der Waals surface area (Å²) in [4.78, 5) is 31.7. The molecule has 3 aromatic carbocycles. The molecule has 0 saturated heterocycles. The molecule has 5 rings (SSSR count). The Morgan fingerprint density at radius 1 is 0.900 bits per heavy atom. The number of hydrogen-bond acceptors (Lipinski definition) is 3. The van der Waals surface area contributed by atoms with Crippen LogP contribution < -0.4 is 11.1 Å². The zero-order valence-corrected chi connectivity index (χ0v) is 16.2. The first-order chi connectivity index (χ1) is 14.6. The Bertz CT molecular complexity index is 1260. The molecule has 4 aromatic rings. The highest BCUT2D eigenvalue weighted by atomic mass is 16.2. The first-order valence-electron chi connectivity index (χ1n) is 9.87. The fraction of sp³-hybridized carbons (Fsp3) is 0.125. The van der Waals surface area contributed by atoms with E-state index >= 15 is 0 Å². The smallest absolute Gasteiger partial charge is 0.221 e. The summed E-state index contributed by atoms with van der Waals surface area (Å²) in [6, 6.07) is 21.8. The molecule has 0 radical (unpaired) electrons. The third kappa shape index (κ3) is 3.03. The highest BCUT2D eigenvalue weighted by Crippen LogP contribution is 2.47. The second kappa shape index (κ2) is 7.15. The van der Waals surface area contributed by atoms with E-state index in [0.717, 1.165) is 44.7 Å². The average Bonchev–Trinajstić information content (AvgIpc) is 3.32. The highest BCUT2D eigenvalue weighted by Gasteiger charge is 2.32. The molecule has 1 aliphatic rings. The molecule has 1 atom stereocenters. The van der Waals surface area contributed by atoms with E-state index in [9.17, 15) is 9.59 Å². The van der Waals surface area contributed by atoms with Crippen LogP contribution in [0.1, 0.15) is 30.0 Å². The summed E-state index contributed by atoms with van der Waals surface area (Å²) in [7, 11) is 0. The molecule has 0 bridgehead atoms. The minimum absolute atomic E-state index is 0.0338. The van der Waals surface area contributed by atoms with E-state index in [1.165, 1.54) is 0 Å². The molecular weight excluding hydrogens is 376 g/mol. The quantitative estimate of drug-likeness (QED) is 0.480. The number of benzene rings is 3. The van der Waals surface area contributed by atoms with Crippen molar-refractivity contribution >= 4 is 22.8 Å². The Morgan fingerprint density at radius 3 is 2.47 bits per heavy atom. The predicted octanol–water partition coefficient (Wildman–Crippen LogP) is 3.68. The van der Waals surface area contributed by atoms with Gasteiger partial charge in [0.25, 0.3) is 0 Å². The molecule has 2 amide bonds. The van der Waals surface area contributed by atoms with Crippen LogP contribution in [0.3, 0.4) is 0 Å². The number of nitrogens with zero attached hydrogens (tertiary/aromatic N) is 1. The largest absolute Gasteiger partial charge is 0.370 e. The molecule has 0 saturated carbocycles. The number of amides is 2. The number of carbonyl (C=O) groups is 2. The van der Waals surface area contributed by atoms with Crippen molar-refractivity contribution in [1.29, 1.82) is 0 Å². The van der Waals surface area contributed by atoms with Crippen LogP contribution in [0.5, 0.6) is 0 Å². The molecule has 1 aromatic heterocycles. The van der Waals surface area contributed by atoms with Gasteiger partial charge in [-0.1, -0.05) is 54.6 Å². The monoisotopic (exact) mass is 396 g/mol. The number of carbonyl (C=O) groups excluding carboxylic acids is 2. The number of hydrogen-bond donors (Lipinski definition) is 3. The second-order valence-corrected chi connectivity index (χ2v) is 7.43. The Kier molecular flexibility index (Phi) is 4.32. The number of para-hydroxylation sites is 2. The lowest BCUT2D eigenvalue weighted by molar-refractivity contribution is -0.125. The van der Waals surface area contributed by atoms with Crippen LogP contribution in [-0.2, 0) is 9.59 Å². The van der Waals surface area contributed by atoms with E-state index in [4.69, 9.17) is 10.7 Å². The molecule has 6 nitrogen and oxygen atoms in total. The normalized spacial score (nSPS) is 14.3. The molecule has 1 aliphatic carbocycles. The van der Waals surface area contributed by atoms with Crippen LogP contribution in [-0.4, -0.2) is 21.8 Å². The van der Waals surface area contributed by atoms with Crippen LogP contribution >= 0.6 is 0 Å². The molecule has 1 heterocycles. The van der Waals surface area contributed by atoms with Gasteiger partial charge in [-0.2, -0.15) is 0 Å². The molecule has 148 valence electrons. The summed E-state index contributed by atoms with van der Waals surface area (Å²) < 4.78 is 0. The van der Waals surface area contributed by atoms with Gasteiger partial charge >= 0.3 is 0 Å². The second-order valence-electron chi connectivity index (χ2n) is 7.43. The van der Waals surface area contributed by atoms with E-state index in [2.05, 4.69) is 16.4 Å². The van der Waals surface area contributed by atoms with Gasteiger partial charge in [-0.25, -0.2) is 4.98 Å². The lowest BCUT2D eigenvalue weighted by Crippen LogP contribution is -2.29. The predicted molar refractivity (Wildman–Crippen MR) is 115 cm³/mol.